The van der Waals surface area contributed by atoms with E-state index in [1.165, 1.54) is 13.3 Å². The Kier molecular flexibility index (Phi) is 4.57. The maximum Gasteiger partial charge on any atom is 0.310 e. The van der Waals surface area contributed by atoms with Crippen LogP contribution >= 0.6 is 22.6 Å². The molecule has 3 nitrogen and oxygen atoms in total. The summed E-state index contributed by atoms with van der Waals surface area (Å²) in [6, 6.07) is 0. The summed E-state index contributed by atoms with van der Waals surface area (Å²) in [5.41, 5.74) is 0.515. The number of rotatable bonds is 3. The number of hydrogen-bond donors (Lipinski definition) is 0. The maximum atomic E-state index is 12.8. The van der Waals surface area contributed by atoms with Crippen LogP contribution in [0.1, 0.15) is 23.1 Å². The van der Waals surface area contributed by atoms with Crippen LogP contribution in [0.15, 0.2) is 6.20 Å². The van der Waals surface area contributed by atoms with E-state index in [9.17, 15) is 13.6 Å². The first-order valence-corrected chi connectivity index (χ1v) is 5.54. The summed E-state index contributed by atoms with van der Waals surface area (Å²) in [5.74, 6) is -0.549. The molecule has 0 radical (unpaired) electrons. The number of hydrogen-bond acceptors (Lipinski definition) is 3. The minimum absolute atomic E-state index is 0.121. The standard InChI is InChI=1S/C10H10F2INO2/c1-5-4-14-10(13)6(3-7(15)16-2)8(5)9(11)12/h4,9H,3H2,1-2H3. The number of esters is 1. The van der Waals surface area contributed by atoms with Crippen LogP contribution in [0.4, 0.5) is 8.78 Å². The first-order valence-electron chi connectivity index (χ1n) is 4.46. The first-order chi connectivity index (χ1) is 7.47. The average molecular weight is 341 g/mol. The van der Waals surface area contributed by atoms with Gasteiger partial charge in [0.05, 0.1) is 13.5 Å². The quantitative estimate of drug-likeness (QED) is 0.482. The normalized spacial score (nSPS) is 10.6. The maximum absolute atomic E-state index is 12.8. The molecule has 0 aliphatic rings. The van der Waals surface area contributed by atoms with E-state index in [0.717, 1.165) is 0 Å². The fraction of sp³-hybridized carbons (Fsp3) is 0.400. The molecule has 1 rings (SSSR count). The highest BCUT2D eigenvalue weighted by molar-refractivity contribution is 14.1. The van der Waals surface area contributed by atoms with E-state index >= 15 is 0 Å². The predicted molar refractivity (Wildman–Crippen MR) is 62.4 cm³/mol. The lowest BCUT2D eigenvalue weighted by Gasteiger charge is -2.12. The van der Waals surface area contributed by atoms with Gasteiger partial charge in [-0.1, -0.05) is 0 Å². The minimum Gasteiger partial charge on any atom is -0.469 e. The number of alkyl halides is 2. The Morgan fingerprint density at radius 3 is 2.75 bits per heavy atom. The molecule has 1 aromatic heterocycles. The number of carbonyl (C=O) groups is 1. The van der Waals surface area contributed by atoms with Crippen molar-refractivity contribution in [2.24, 2.45) is 0 Å². The second kappa shape index (κ2) is 5.51. The summed E-state index contributed by atoms with van der Waals surface area (Å²) >= 11 is 1.83. The van der Waals surface area contributed by atoms with E-state index in [2.05, 4.69) is 9.72 Å². The van der Waals surface area contributed by atoms with Gasteiger partial charge >= 0.3 is 5.97 Å². The molecule has 88 valence electrons. The number of aromatic nitrogens is 1. The fourth-order valence-electron chi connectivity index (χ4n) is 1.34. The molecule has 1 heterocycles. The van der Waals surface area contributed by atoms with Crippen LogP contribution in [-0.2, 0) is 16.0 Å². The molecule has 0 aliphatic heterocycles. The van der Waals surface area contributed by atoms with E-state index in [0.29, 0.717) is 9.26 Å². The van der Waals surface area contributed by atoms with Gasteiger partial charge in [0, 0.05) is 17.3 Å². The Balaban J connectivity index is 3.23. The zero-order valence-corrected chi connectivity index (χ0v) is 10.9. The molecule has 0 aromatic carbocycles. The molecule has 0 saturated heterocycles. The molecule has 0 atom stereocenters. The van der Waals surface area contributed by atoms with Crippen molar-refractivity contribution in [1.82, 2.24) is 4.98 Å². The smallest absolute Gasteiger partial charge is 0.310 e. The molecule has 0 aliphatic carbocycles. The zero-order chi connectivity index (χ0) is 12.3. The van der Waals surface area contributed by atoms with Gasteiger partial charge in [-0.2, -0.15) is 0 Å². The fourth-order valence-corrected chi connectivity index (χ4v) is 1.96. The summed E-state index contributed by atoms with van der Waals surface area (Å²) in [6.07, 6.45) is -1.41. The third-order valence-corrected chi connectivity index (χ3v) is 3.07. The van der Waals surface area contributed by atoms with Crippen LogP contribution < -0.4 is 0 Å². The van der Waals surface area contributed by atoms with Crippen molar-refractivity contribution in [3.05, 3.63) is 26.6 Å². The third kappa shape index (κ3) is 2.87. The molecule has 0 spiro atoms. The molecule has 1 aromatic rings. The van der Waals surface area contributed by atoms with E-state index < -0.39 is 12.4 Å². The second-order valence-corrected chi connectivity index (χ2v) is 4.20. The number of methoxy groups -OCH3 is 1. The largest absolute Gasteiger partial charge is 0.469 e. The SMILES string of the molecule is COC(=O)Cc1c(I)ncc(C)c1C(F)F. The van der Waals surface area contributed by atoms with Gasteiger partial charge in [-0.05, 0) is 35.1 Å². The number of carbonyl (C=O) groups excluding carboxylic acids is 1. The average Bonchev–Trinajstić information content (AvgIpc) is 2.22. The molecule has 0 bridgehead atoms. The molecule has 0 amide bonds. The molecule has 6 heteroatoms. The molecular formula is C10H10F2INO2. The van der Waals surface area contributed by atoms with Gasteiger partial charge in [0.1, 0.15) is 3.70 Å². The van der Waals surface area contributed by atoms with E-state index in [4.69, 9.17) is 0 Å². The summed E-state index contributed by atoms with van der Waals surface area (Å²) in [4.78, 5) is 15.1. The zero-order valence-electron chi connectivity index (χ0n) is 8.76. The number of aryl methyl sites for hydroxylation is 1. The van der Waals surface area contributed by atoms with Gasteiger partial charge in [0.25, 0.3) is 6.43 Å². The Bertz CT molecular complexity index is 410. The van der Waals surface area contributed by atoms with Crippen LogP contribution in [0, 0.1) is 10.6 Å². The van der Waals surface area contributed by atoms with Gasteiger partial charge in [-0.3, -0.25) is 4.79 Å². The van der Waals surface area contributed by atoms with Crippen molar-refractivity contribution in [2.45, 2.75) is 19.8 Å². The van der Waals surface area contributed by atoms with Crippen molar-refractivity contribution >= 4 is 28.6 Å². The summed E-state index contributed by atoms with van der Waals surface area (Å²) in [7, 11) is 1.22. The Hall–Kier alpha value is -0.790. The summed E-state index contributed by atoms with van der Waals surface area (Å²) in [5, 5.41) is 0. The minimum atomic E-state index is -2.61. The van der Waals surface area contributed by atoms with Crippen molar-refractivity contribution in [3.63, 3.8) is 0 Å². The van der Waals surface area contributed by atoms with Crippen LogP contribution in [0.5, 0.6) is 0 Å². The van der Waals surface area contributed by atoms with Gasteiger partial charge in [0.2, 0.25) is 0 Å². The van der Waals surface area contributed by atoms with Crippen LogP contribution in [0.25, 0.3) is 0 Å². The highest BCUT2D eigenvalue weighted by atomic mass is 127. The van der Waals surface area contributed by atoms with Gasteiger partial charge in [0.15, 0.2) is 0 Å². The molecular weight excluding hydrogens is 331 g/mol. The van der Waals surface area contributed by atoms with Gasteiger partial charge in [-0.25, -0.2) is 13.8 Å². The molecule has 0 N–H and O–H groups in total. The number of pyridine rings is 1. The predicted octanol–water partition coefficient (Wildman–Crippen LogP) is 2.65. The second-order valence-electron chi connectivity index (χ2n) is 3.18. The number of nitrogens with zero attached hydrogens (tertiary/aromatic N) is 1. The Morgan fingerprint density at radius 2 is 2.25 bits per heavy atom. The van der Waals surface area contributed by atoms with Crippen molar-refractivity contribution < 1.29 is 18.3 Å². The Labute approximate surface area is 105 Å². The Morgan fingerprint density at radius 1 is 1.62 bits per heavy atom. The number of halogens is 3. The molecule has 0 fully saturated rings. The van der Waals surface area contributed by atoms with Crippen molar-refractivity contribution in [2.75, 3.05) is 7.11 Å². The van der Waals surface area contributed by atoms with Gasteiger partial charge < -0.3 is 4.74 Å². The van der Waals surface area contributed by atoms with Crippen LogP contribution in [0.2, 0.25) is 0 Å². The summed E-state index contributed by atoms with van der Waals surface area (Å²) < 4.78 is 30.6. The van der Waals surface area contributed by atoms with Gasteiger partial charge in [-0.15, -0.1) is 0 Å². The lowest BCUT2D eigenvalue weighted by atomic mass is 10.0. The molecule has 0 unspecified atom stereocenters. The van der Waals surface area contributed by atoms with Crippen molar-refractivity contribution in [1.29, 1.82) is 0 Å². The summed E-state index contributed by atoms with van der Waals surface area (Å²) in [6.45, 7) is 1.55. The van der Waals surface area contributed by atoms with Crippen LogP contribution in [0.3, 0.4) is 0 Å². The topological polar surface area (TPSA) is 39.2 Å². The van der Waals surface area contributed by atoms with E-state index in [1.54, 1.807) is 6.92 Å². The lowest BCUT2D eigenvalue weighted by Crippen LogP contribution is -2.11. The van der Waals surface area contributed by atoms with Crippen LogP contribution in [-0.4, -0.2) is 18.1 Å². The first kappa shape index (κ1) is 13.3. The van der Waals surface area contributed by atoms with E-state index in [-0.39, 0.29) is 17.5 Å². The van der Waals surface area contributed by atoms with Crippen molar-refractivity contribution in [3.8, 4) is 0 Å². The monoisotopic (exact) mass is 341 g/mol. The highest BCUT2D eigenvalue weighted by Crippen LogP contribution is 2.28. The molecule has 0 saturated carbocycles. The highest BCUT2D eigenvalue weighted by Gasteiger charge is 2.21. The number of ether oxygens (including phenoxy) is 1. The lowest BCUT2D eigenvalue weighted by molar-refractivity contribution is -0.139. The molecule has 16 heavy (non-hydrogen) atoms. The third-order valence-electron chi connectivity index (χ3n) is 2.14. The van der Waals surface area contributed by atoms with E-state index in [1.807, 2.05) is 22.6 Å².